The maximum atomic E-state index is 12.2. The molecule has 26 heavy (non-hydrogen) atoms. The summed E-state index contributed by atoms with van der Waals surface area (Å²) in [4.78, 5) is 12.2. The lowest BCUT2D eigenvalue weighted by Crippen LogP contribution is -2.33. The molecule has 1 heterocycles. The zero-order valence-electron chi connectivity index (χ0n) is 14.9. The number of para-hydroxylation sites is 1. The van der Waals surface area contributed by atoms with Crippen LogP contribution in [-0.2, 0) is 10.8 Å². The lowest BCUT2D eigenvalue weighted by molar-refractivity contribution is 0.102. The van der Waals surface area contributed by atoms with Crippen molar-refractivity contribution in [3.05, 3.63) is 48.2 Å². The van der Waals surface area contributed by atoms with E-state index in [0.29, 0.717) is 11.6 Å². The van der Waals surface area contributed by atoms with Crippen LogP contribution in [0.3, 0.4) is 0 Å². The molecule has 0 spiro atoms. The predicted molar refractivity (Wildman–Crippen MR) is 105 cm³/mol. The number of carbonyl (C=O) groups excluding carboxylic acids is 1. The van der Waals surface area contributed by atoms with Gasteiger partial charge in [0, 0.05) is 33.5 Å². The van der Waals surface area contributed by atoms with Crippen LogP contribution in [0, 0.1) is 0 Å². The second-order valence-electron chi connectivity index (χ2n) is 6.42. The number of hydrogen-bond donors (Lipinski definition) is 2. The van der Waals surface area contributed by atoms with Gasteiger partial charge in [0.2, 0.25) is 0 Å². The summed E-state index contributed by atoms with van der Waals surface area (Å²) < 4.78 is 12.0. The zero-order valence-corrected chi connectivity index (χ0v) is 15.7. The van der Waals surface area contributed by atoms with Gasteiger partial charge in [0.25, 0.3) is 5.91 Å². The van der Waals surface area contributed by atoms with Crippen LogP contribution in [0.25, 0.3) is 0 Å². The highest BCUT2D eigenvalue weighted by Gasteiger charge is 2.25. The van der Waals surface area contributed by atoms with Gasteiger partial charge in [-0.1, -0.05) is 31.5 Å². The van der Waals surface area contributed by atoms with Crippen molar-refractivity contribution in [2.45, 2.75) is 43.9 Å². The maximum absolute atomic E-state index is 12.2. The Bertz CT molecular complexity index is 752. The summed E-state index contributed by atoms with van der Waals surface area (Å²) >= 11 is 0. The molecule has 3 rings (SSSR count). The summed E-state index contributed by atoms with van der Waals surface area (Å²) in [6.45, 7) is 1.97. The fourth-order valence-corrected chi connectivity index (χ4v) is 4.55. The standard InChI is InChI=1S/C19H24N4O2S/c1-2-26(25)16-10-6-9-15(13-16)20-18-12-11-17(22-23-18)19(24)21-14-7-4-3-5-8-14/h3-5,7-8,11-12,15-16H,2,6,9-10,13H2,1H3,(H,20,23)(H,21,24). The quantitative estimate of drug-likeness (QED) is 0.813. The molecular formula is C19H24N4O2S. The summed E-state index contributed by atoms with van der Waals surface area (Å²) in [5.41, 5.74) is 0.992. The molecule has 6 nitrogen and oxygen atoms in total. The number of amides is 1. The van der Waals surface area contributed by atoms with E-state index in [4.69, 9.17) is 0 Å². The number of aromatic nitrogens is 2. The molecule has 2 N–H and O–H groups in total. The molecule has 2 aromatic rings. The van der Waals surface area contributed by atoms with E-state index in [1.54, 1.807) is 12.1 Å². The molecule has 138 valence electrons. The van der Waals surface area contributed by atoms with Crippen molar-refractivity contribution in [3.63, 3.8) is 0 Å². The number of rotatable bonds is 6. The van der Waals surface area contributed by atoms with E-state index in [2.05, 4.69) is 20.8 Å². The molecule has 0 bridgehead atoms. The topological polar surface area (TPSA) is 84.0 Å². The Morgan fingerprint density at radius 1 is 1.15 bits per heavy atom. The van der Waals surface area contributed by atoms with Gasteiger partial charge in [0.05, 0.1) is 0 Å². The lowest BCUT2D eigenvalue weighted by Gasteiger charge is -2.29. The third-order valence-electron chi connectivity index (χ3n) is 4.56. The normalized spacial score (nSPS) is 21.0. The Balaban J connectivity index is 1.57. The second kappa shape index (κ2) is 8.89. The van der Waals surface area contributed by atoms with E-state index in [1.165, 1.54) is 0 Å². The van der Waals surface area contributed by atoms with Crippen molar-refractivity contribution < 1.29 is 9.00 Å². The van der Waals surface area contributed by atoms with Crippen molar-refractivity contribution >= 4 is 28.2 Å². The third-order valence-corrected chi connectivity index (χ3v) is 6.30. The first-order chi connectivity index (χ1) is 12.7. The molecule has 7 heteroatoms. The molecule has 1 aliphatic carbocycles. The van der Waals surface area contributed by atoms with Crippen LogP contribution >= 0.6 is 0 Å². The molecule has 0 saturated heterocycles. The van der Waals surface area contributed by atoms with E-state index in [0.717, 1.165) is 31.4 Å². The largest absolute Gasteiger partial charge is 0.366 e. The fraction of sp³-hybridized carbons (Fsp3) is 0.421. The van der Waals surface area contributed by atoms with Crippen LogP contribution in [0.15, 0.2) is 42.5 Å². The van der Waals surface area contributed by atoms with Gasteiger partial charge in [0.1, 0.15) is 5.82 Å². The minimum Gasteiger partial charge on any atom is -0.366 e. The summed E-state index contributed by atoms with van der Waals surface area (Å²) in [5.74, 6) is 1.07. The molecule has 0 aliphatic heterocycles. The number of carbonyl (C=O) groups is 1. The van der Waals surface area contributed by atoms with Crippen molar-refractivity contribution in [3.8, 4) is 0 Å². The maximum Gasteiger partial charge on any atom is 0.276 e. The molecule has 1 aromatic carbocycles. The SMILES string of the molecule is CCS(=O)C1CCCC(Nc2ccc(C(=O)Nc3ccccc3)nn2)C1. The van der Waals surface area contributed by atoms with Crippen molar-refractivity contribution in [2.75, 3.05) is 16.4 Å². The van der Waals surface area contributed by atoms with E-state index in [9.17, 15) is 9.00 Å². The summed E-state index contributed by atoms with van der Waals surface area (Å²) in [6.07, 6.45) is 4.02. The van der Waals surface area contributed by atoms with Gasteiger partial charge in [-0.3, -0.25) is 9.00 Å². The van der Waals surface area contributed by atoms with Gasteiger partial charge in [-0.25, -0.2) is 0 Å². The van der Waals surface area contributed by atoms with E-state index in [-0.39, 0.29) is 22.9 Å². The van der Waals surface area contributed by atoms with Gasteiger partial charge in [-0.05, 0) is 43.5 Å². The molecule has 1 aromatic heterocycles. The van der Waals surface area contributed by atoms with Gasteiger partial charge in [-0.15, -0.1) is 10.2 Å². The predicted octanol–water partition coefficient (Wildman–Crippen LogP) is 3.22. The molecule has 3 atom stereocenters. The molecule has 1 aliphatic rings. The highest BCUT2D eigenvalue weighted by Crippen LogP contribution is 2.25. The number of nitrogens with one attached hydrogen (secondary N) is 2. The van der Waals surface area contributed by atoms with E-state index < -0.39 is 10.8 Å². The first-order valence-corrected chi connectivity index (χ1v) is 10.4. The van der Waals surface area contributed by atoms with Crippen molar-refractivity contribution in [2.24, 2.45) is 0 Å². The Morgan fingerprint density at radius 3 is 2.65 bits per heavy atom. The van der Waals surface area contributed by atoms with Gasteiger partial charge in [0.15, 0.2) is 5.69 Å². The smallest absolute Gasteiger partial charge is 0.276 e. The van der Waals surface area contributed by atoms with Crippen molar-refractivity contribution in [1.82, 2.24) is 10.2 Å². The van der Waals surface area contributed by atoms with Crippen molar-refractivity contribution in [1.29, 1.82) is 0 Å². The van der Waals surface area contributed by atoms with E-state index >= 15 is 0 Å². The van der Waals surface area contributed by atoms with Gasteiger partial charge < -0.3 is 10.6 Å². The first-order valence-electron chi connectivity index (χ1n) is 8.99. The number of nitrogens with zero attached hydrogens (tertiary/aromatic N) is 2. The van der Waals surface area contributed by atoms with Crippen LogP contribution in [0.5, 0.6) is 0 Å². The fourth-order valence-electron chi connectivity index (χ4n) is 3.21. The van der Waals surface area contributed by atoms with E-state index in [1.807, 2.05) is 37.3 Å². The highest BCUT2D eigenvalue weighted by atomic mass is 32.2. The summed E-state index contributed by atoms with van der Waals surface area (Å²) in [6, 6.07) is 12.9. The average Bonchev–Trinajstić information content (AvgIpc) is 2.69. The summed E-state index contributed by atoms with van der Waals surface area (Å²) in [5, 5.41) is 14.6. The Labute approximate surface area is 156 Å². The van der Waals surface area contributed by atoms with Crippen LogP contribution in [0.2, 0.25) is 0 Å². The lowest BCUT2D eigenvalue weighted by atomic mass is 9.95. The minimum atomic E-state index is -0.750. The second-order valence-corrected chi connectivity index (χ2v) is 8.43. The summed E-state index contributed by atoms with van der Waals surface area (Å²) in [7, 11) is -0.750. The minimum absolute atomic E-state index is 0.252. The number of hydrogen-bond acceptors (Lipinski definition) is 5. The monoisotopic (exact) mass is 372 g/mol. The Hall–Kier alpha value is -2.28. The molecular weight excluding hydrogens is 348 g/mol. The Kier molecular flexibility index (Phi) is 6.33. The van der Waals surface area contributed by atoms with Crippen LogP contribution in [0.4, 0.5) is 11.5 Å². The highest BCUT2D eigenvalue weighted by molar-refractivity contribution is 7.85. The molecule has 1 fully saturated rings. The zero-order chi connectivity index (χ0) is 18.4. The molecule has 1 amide bonds. The third kappa shape index (κ3) is 4.88. The van der Waals surface area contributed by atoms with Gasteiger partial charge in [-0.2, -0.15) is 0 Å². The number of anilines is 2. The van der Waals surface area contributed by atoms with Crippen LogP contribution in [-0.4, -0.2) is 37.4 Å². The van der Waals surface area contributed by atoms with Crippen LogP contribution in [0.1, 0.15) is 43.1 Å². The molecule has 3 unspecified atom stereocenters. The van der Waals surface area contributed by atoms with Gasteiger partial charge >= 0.3 is 0 Å². The number of benzene rings is 1. The first kappa shape index (κ1) is 18.5. The molecule has 1 saturated carbocycles. The average molecular weight is 372 g/mol. The molecule has 0 radical (unpaired) electrons. The Morgan fingerprint density at radius 2 is 1.96 bits per heavy atom. The van der Waals surface area contributed by atoms with Crippen LogP contribution < -0.4 is 10.6 Å².